The van der Waals surface area contributed by atoms with Crippen LogP contribution in [-0.2, 0) is 14.6 Å². The highest BCUT2D eigenvalue weighted by molar-refractivity contribution is 7.90. The van der Waals surface area contributed by atoms with E-state index in [4.69, 9.17) is 4.84 Å². The number of hydrogen-bond donors (Lipinski definition) is 0. The van der Waals surface area contributed by atoms with Gasteiger partial charge in [0.25, 0.3) is 0 Å². The molecule has 7 heteroatoms. The van der Waals surface area contributed by atoms with Crippen molar-refractivity contribution in [3.8, 4) is 22.4 Å². The Hall–Kier alpha value is -2.93. The van der Waals surface area contributed by atoms with Gasteiger partial charge in [0.05, 0.1) is 11.1 Å². The number of hydrogen-bond acceptors (Lipinski definition) is 5. The second-order valence-corrected chi connectivity index (χ2v) is 8.19. The molecule has 0 bridgehead atoms. The van der Waals surface area contributed by atoms with Crippen molar-refractivity contribution in [3.05, 3.63) is 60.8 Å². The summed E-state index contributed by atoms with van der Waals surface area (Å²) in [6.45, 7) is 1.90. The van der Waals surface area contributed by atoms with Crippen LogP contribution in [0.2, 0.25) is 0 Å². The van der Waals surface area contributed by atoms with E-state index in [1.807, 2.05) is 37.3 Å². The number of sulfone groups is 1. The largest absolute Gasteiger partial charge is 0.334 e. The molecule has 0 fully saturated rings. The summed E-state index contributed by atoms with van der Waals surface area (Å²) in [4.78, 5) is 18.5. The summed E-state index contributed by atoms with van der Waals surface area (Å²) in [7, 11) is -3.28. The summed E-state index contributed by atoms with van der Waals surface area (Å²) in [6.07, 6.45) is 3.81. The Morgan fingerprint density at radius 3 is 2.30 bits per heavy atom. The quantitative estimate of drug-likeness (QED) is 0.651. The van der Waals surface area contributed by atoms with E-state index < -0.39 is 9.84 Å². The van der Waals surface area contributed by atoms with E-state index in [0.717, 1.165) is 16.7 Å². The zero-order valence-corrected chi connectivity index (χ0v) is 15.9. The molecule has 140 valence electrons. The van der Waals surface area contributed by atoms with E-state index >= 15 is 0 Å². The maximum absolute atomic E-state index is 11.8. The van der Waals surface area contributed by atoms with E-state index in [0.29, 0.717) is 18.5 Å². The van der Waals surface area contributed by atoms with Crippen molar-refractivity contribution in [2.75, 3.05) is 6.26 Å². The standard InChI is InChI=1S/C20H20N2O4S/c1-3-7-19(23)26-22-14-18(15-8-5-4-6-9-15)20(21-22)16-10-12-17(13-11-16)27(2,24)25/h4-6,8-14H,3,7H2,1-2H3. The van der Waals surface area contributed by atoms with Crippen LogP contribution in [0.15, 0.2) is 65.7 Å². The van der Waals surface area contributed by atoms with Crippen LogP contribution in [0.1, 0.15) is 19.8 Å². The van der Waals surface area contributed by atoms with Crippen LogP contribution in [0.25, 0.3) is 22.4 Å². The zero-order valence-electron chi connectivity index (χ0n) is 15.1. The van der Waals surface area contributed by atoms with Gasteiger partial charge in [0.15, 0.2) is 9.84 Å². The average Bonchev–Trinajstić information content (AvgIpc) is 3.06. The molecule has 0 saturated carbocycles. The van der Waals surface area contributed by atoms with Crippen molar-refractivity contribution in [2.45, 2.75) is 24.7 Å². The van der Waals surface area contributed by atoms with Crippen LogP contribution in [0.3, 0.4) is 0 Å². The first-order chi connectivity index (χ1) is 12.9. The lowest BCUT2D eigenvalue weighted by Gasteiger charge is -2.04. The first kappa shape index (κ1) is 18.8. The first-order valence-electron chi connectivity index (χ1n) is 8.55. The number of carbonyl (C=O) groups excluding carboxylic acids is 1. The van der Waals surface area contributed by atoms with E-state index in [1.54, 1.807) is 30.5 Å². The predicted molar refractivity (Wildman–Crippen MR) is 103 cm³/mol. The zero-order chi connectivity index (χ0) is 19.4. The fraction of sp³-hybridized carbons (Fsp3) is 0.200. The molecule has 0 aliphatic carbocycles. The van der Waals surface area contributed by atoms with Gasteiger partial charge >= 0.3 is 5.97 Å². The minimum Gasteiger partial charge on any atom is -0.319 e. The Bertz CT molecular complexity index is 1040. The van der Waals surface area contributed by atoms with Crippen LogP contribution >= 0.6 is 0 Å². The average molecular weight is 384 g/mol. The molecule has 0 atom stereocenters. The lowest BCUT2D eigenvalue weighted by molar-refractivity contribution is -0.145. The van der Waals surface area contributed by atoms with Gasteiger partial charge in [-0.05, 0) is 24.1 Å². The summed E-state index contributed by atoms with van der Waals surface area (Å²) in [6, 6.07) is 16.1. The molecule has 2 aromatic carbocycles. The Morgan fingerprint density at radius 1 is 1.04 bits per heavy atom. The molecule has 0 N–H and O–H groups in total. The SMILES string of the molecule is CCCC(=O)On1cc(-c2ccccc2)c(-c2ccc(S(C)(=O)=O)cc2)n1. The third kappa shape index (κ3) is 4.43. The van der Waals surface area contributed by atoms with Crippen LogP contribution in [0.4, 0.5) is 0 Å². The number of aromatic nitrogens is 2. The number of benzene rings is 2. The van der Waals surface area contributed by atoms with Crippen LogP contribution in [0, 0.1) is 0 Å². The molecular formula is C20H20N2O4S. The summed E-state index contributed by atoms with van der Waals surface area (Å²) in [5, 5.41) is 4.40. The lowest BCUT2D eigenvalue weighted by atomic mass is 10.0. The molecule has 0 radical (unpaired) electrons. The molecular weight excluding hydrogens is 364 g/mol. The van der Waals surface area contributed by atoms with Crippen molar-refractivity contribution in [1.29, 1.82) is 0 Å². The van der Waals surface area contributed by atoms with E-state index in [2.05, 4.69) is 5.10 Å². The molecule has 6 nitrogen and oxygen atoms in total. The second-order valence-electron chi connectivity index (χ2n) is 6.17. The van der Waals surface area contributed by atoms with E-state index in [1.165, 1.54) is 11.1 Å². The van der Waals surface area contributed by atoms with Gasteiger partial charge in [-0.1, -0.05) is 54.2 Å². The highest BCUT2D eigenvalue weighted by Crippen LogP contribution is 2.31. The lowest BCUT2D eigenvalue weighted by Crippen LogP contribution is -2.19. The minimum atomic E-state index is -3.28. The Morgan fingerprint density at radius 2 is 1.70 bits per heavy atom. The van der Waals surface area contributed by atoms with Crippen LogP contribution in [-0.4, -0.2) is 30.6 Å². The fourth-order valence-electron chi connectivity index (χ4n) is 2.66. The van der Waals surface area contributed by atoms with Gasteiger partial charge in [0, 0.05) is 23.8 Å². The normalized spacial score (nSPS) is 11.3. The van der Waals surface area contributed by atoms with Gasteiger partial charge in [0.2, 0.25) is 0 Å². The van der Waals surface area contributed by atoms with Gasteiger partial charge in [0.1, 0.15) is 5.69 Å². The van der Waals surface area contributed by atoms with Gasteiger partial charge in [-0.2, -0.15) is 0 Å². The molecule has 1 aromatic heterocycles. The Kier molecular flexibility index (Phi) is 5.41. The van der Waals surface area contributed by atoms with Crippen LogP contribution in [0.5, 0.6) is 0 Å². The Balaban J connectivity index is 2.04. The van der Waals surface area contributed by atoms with Crippen LogP contribution < -0.4 is 4.84 Å². The molecule has 0 spiro atoms. The molecule has 0 amide bonds. The maximum Gasteiger partial charge on any atom is 0.334 e. The van der Waals surface area contributed by atoms with Gasteiger partial charge in [-0.25, -0.2) is 13.2 Å². The minimum absolute atomic E-state index is 0.237. The summed E-state index contributed by atoms with van der Waals surface area (Å²) < 4.78 is 23.4. The fourth-order valence-corrected chi connectivity index (χ4v) is 3.29. The van der Waals surface area contributed by atoms with Crippen molar-refractivity contribution < 1.29 is 18.0 Å². The smallest absolute Gasteiger partial charge is 0.319 e. The highest BCUT2D eigenvalue weighted by atomic mass is 32.2. The summed E-state index contributed by atoms with van der Waals surface area (Å²) >= 11 is 0. The van der Waals surface area contributed by atoms with Crippen molar-refractivity contribution in [3.63, 3.8) is 0 Å². The maximum atomic E-state index is 11.8. The summed E-state index contributed by atoms with van der Waals surface area (Å²) in [5.41, 5.74) is 3.03. The Labute approximate surface area is 158 Å². The predicted octanol–water partition coefficient (Wildman–Crippen LogP) is 3.38. The third-order valence-electron chi connectivity index (χ3n) is 3.98. The molecule has 3 rings (SSSR count). The van der Waals surface area contributed by atoms with Crippen molar-refractivity contribution >= 4 is 15.8 Å². The van der Waals surface area contributed by atoms with Gasteiger partial charge < -0.3 is 4.84 Å². The van der Waals surface area contributed by atoms with Gasteiger partial charge in [-0.3, -0.25) is 0 Å². The highest BCUT2D eigenvalue weighted by Gasteiger charge is 2.16. The number of rotatable bonds is 6. The van der Waals surface area contributed by atoms with Crippen molar-refractivity contribution in [1.82, 2.24) is 9.94 Å². The third-order valence-corrected chi connectivity index (χ3v) is 5.11. The molecule has 0 saturated heterocycles. The van der Waals surface area contributed by atoms with E-state index in [-0.39, 0.29) is 10.9 Å². The molecule has 0 unspecified atom stereocenters. The molecule has 27 heavy (non-hydrogen) atoms. The number of carbonyl (C=O) groups is 1. The molecule has 0 aliphatic rings. The topological polar surface area (TPSA) is 78.3 Å². The van der Waals surface area contributed by atoms with E-state index in [9.17, 15) is 13.2 Å². The number of nitrogens with zero attached hydrogens (tertiary/aromatic N) is 2. The van der Waals surface area contributed by atoms with Gasteiger partial charge in [-0.15, -0.1) is 5.10 Å². The van der Waals surface area contributed by atoms with Crippen molar-refractivity contribution in [2.24, 2.45) is 0 Å². The molecule has 3 aromatic rings. The molecule has 1 heterocycles. The first-order valence-corrected chi connectivity index (χ1v) is 10.4. The monoisotopic (exact) mass is 384 g/mol. The summed E-state index contributed by atoms with van der Waals surface area (Å²) in [5.74, 6) is -0.362. The molecule has 0 aliphatic heterocycles. The second kappa shape index (κ2) is 7.75.